The lowest BCUT2D eigenvalue weighted by atomic mass is 10.1. The van der Waals surface area contributed by atoms with Crippen LogP contribution in [0.25, 0.3) is 0 Å². The highest BCUT2D eigenvalue weighted by Crippen LogP contribution is 2.22. The van der Waals surface area contributed by atoms with Crippen molar-refractivity contribution in [2.75, 3.05) is 11.1 Å². The largest absolute Gasteiger partial charge is 0.393 e. The summed E-state index contributed by atoms with van der Waals surface area (Å²) < 4.78 is 5.84. The Kier molecular flexibility index (Phi) is 4.43. The van der Waals surface area contributed by atoms with E-state index in [1.165, 1.54) is 0 Å². The van der Waals surface area contributed by atoms with Gasteiger partial charge in [0, 0.05) is 15.7 Å². The summed E-state index contributed by atoms with van der Waals surface area (Å²) in [5.74, 6) is -1.14. The lowest BCUT2D eigenvalue weighted by Gasteiger charge is -2.02. The molecule has 1 amide bonds. The van der Waals surface area contributed by atoms with Gasteiger partial charge in [0.15, 0.2) is 5.69 Å². The van der Waals surface area contributed by atoms with Crippen molar-refractivity contribution < 1.29 is 14.1 Å². The van der Waals surface area contributed by atoms with E-state index in [9.17, 15) is 9.59 Å². The molecule has 24 heavy (non-hydrogen) atoms. The maximum absolute atomic E-state index is 12.4. The molecule has 0 saturated carbocycles. The molecule has 1 heterocycles. The average Bonchev–Trinajstić information content (AvgIpc) is 2.97. The Balaban J connectivity index is 1.84. The molecule has 0 spiro atoms. The summed E-state index contributed by atoms with van der Waals surface area (Å²) in [5, 5.41) is 6.27. The molecule has 3 N–H and O–H groups in total. The number of aromatic nitrogens is 1. The van der Waals surface area contributed by atoms with Gasteiger partial charge in [0.2, 0.25) is 11.5 Å². The van der Waals surface area contributed by atoms with E-state index in [0.29, 0.717) is 11.3 Å². The molecule has 7 heteroatoms. The first-order valence-electron chi connectivity index (χ1n) is 6.98. The van der Waals surface area contributed by atoms with Crippen LogP contribution >= 0.6 is 15.9 Å². The third-order valence-electron chi connectivity index (χ3n) is 3.29. The molecule has 120 valence electrons. The summed E-state index contributed by atoms with van der Waals surface area (Å²) in [4.78, 5) is 24.6. The molecule has 3 aromatic rings. The summed E-state index contributed by atoms with van der Waals surface area (Å²) in [7, 11) is 0. The zero-order valence-corrected chi connectivity index (χ0v) is 13.9. The lowest BCUT2D eigenvalue weighted by molar-refractivity contribution is 0.0990. The molecule has 0 unspecified atom stereocenters. The van der Waals surface area contributed by atoms with Gasteiger partial charge in [-0.3, -0.25) is 9.59 Å². The second kappa shape index (κ2) is 6.67. The Labute approximate surface area is 145 Å². The van der Waals surface area contributed by atoms with Gasteiger partial charge < -0.3 is 15.6 Å². The van der Waals surface area contributed by atoms with Gasteiger partial charge in [-0.25, -0.2) is 0 Å². The van der Waals surface area contributed by atoms with E-state index in [1.807, 2.05) is 6.07 Å². The van der Waals surface area contributed by atoms with E-state index in [2.05, 4.69) is 26.4 Å². The summed E-state index contributed by atoms with van der Waals surface area (Å²) in [6.07, 6.45) is 0. The number of anilines is 2. The summed E-state index contributed by atoms with van der Waals surface area (Å²) in [5.41, 5.74) is 6.64. The number of amides is 1. The fourth-order valence-corrected chi connectivity index (χ4v) is 2.33. The van der Waals surface area contributed by atoms with E-state index in [4.69, 9.17) is 10.3 Å². The van der Waals surface area contributed by atoms with Crippen LogP contribution in [0.5, 0.6) is 0 Å². The zero-order valence-electron chi connectivity index (χ0n) is 12.3. The number of halogens is 1. The minimum atomic E-state index is -0.544. The number of nitrogen functional groups attached to an aromatic ring is 1. The molecule has 0 fully saturated rings. The van der Waals surface area contributed by atoms with Gasteiger partial charge >= 0.3 is 0 Å². The van der Waals surface area contributed by atoms with Crippen LogP contribution in [-0.4, -0.2) is 16.8 Å². The van der Waals surface area contributed by atoms with Crippen LogP contribution in [0.4, 0.5) is 11.4 Å². The summed E-state index contributed by atoms with van der Waals surface area (Å²) in [6.45, 7) is 0. The molecule has 0 aliphatic heterocycles. The Morgan fingerprint density at radius 1 is 1.04 bits per heavy atom. The fraction of sp³-hybridized carbons (Fsp3) is 0. The van der Waals surface area contributed by atoms with E-state index >= 15 is 0 Å². The van der Waals surface area contributed by atoms with Crippen LogP contribution in [0.1, 0.15) is 26.6 Å². The highest BCUT2D eigenvalue weighted by molar-refractivity contribution is 9.10. The Hall–Kier alpha value is -2.93. The first-order chi connectivity index (χ1) is 11.6. The quantitative estimate of drug-likeness (QED) is 0.669. The van der Waals surface area contributed by atoms with E-state index in [0.717, 1.165) is 4.47 Å². The van der Waals surface area contributed by atoms with Crippen LogP contribution in [-0.2, 0) is 0 Å². The second-order valence-electron chi connectivity index (χ2n) is 4.93. The highest BCUT2D eigenvalue weighted by atomic mass is 79.9. The molecule has 0 aliphatic carbocycles. The van der Waals surface area contributed by atoms with Crippen LogP contribution in [0.2, 0.25) is 0 Å². The standard InChI is InChI=1S/C17H12BrN3O3/c18-11-8-6-10(7-9-11)15(22)16-13(19)14(21-24-16)17(23)20-12-4-2-1-3-5-12/h1-9H,19H2,(H,20,23). The molecular formula is C17H12BrN3O3. The third kappa shape index (κ3) is 3.21. The van der Waals surface area contributed by atoms with Gasteiger partial charge in [0.1, 0.15) is 5.69 Å². The minimum Gasteiger partial charge on any atom is -0.393 e. The molecule has 0 aliphatic rings. The lowest BCUT2D eigenvalue weighted by Crippen LogP contribution is -2.14. The number of carbonyl (C=O) groups excluding carboxylic acids is 2. The number of ketones is 1. The van der Waals surface area contributed by atoms with Crippen LogP contribution < -0.4 is 11.1 Å². The number of para-hydroxylation sites is 1. The monoisotopic (exact) mass is 385 g/mol. The van der Waals surface area contributed by atoms with E-state index in [-0.39, 0.29) is 17.1 Å². The smallest absolute Gasteiger partial charge is 0.280 e. The third-order valence-corrected chi connectivity index (χ3v) is 3.82. The average molecular weight is 386 g/mol. The van der Waals surface area contributed by atoms with Gasteiger partial charge in [0.05, 0.1) is 0 Å². The number of hydrogen-bond acceptors (Lipinski definition) is 5. The Morgan fingerprint density at radius 3 is 2.38 bits per heavy atom. The summed E-state index contributed by atoms with van der Waals surface area (Å²) in [6, 6.07) is 15.5. The fourth-order valence-electron chi connectivity index (χ4n) is 2.07. The molecule has 0 saturated heterocycles. The number of benzene rings is 2. The topological polar surface area (TPSA) is 98.2 Å². The number of nitrogens with zero attached hydrogens (tertiary/aromatic N) is 1. The van der Waals surface area contributed by atoms with Gasteiger partial charge in [-0.2, -0.15) is 0 Å². The van der Waals surface area contributed by atoms with Crippen molar-refractivity contribution in [2.45, 2.75) is 0 Å². The maximum Gasteiger partial charge on any atom is 0.280 e. The molecule has 0 atom stereocenters. The van der Waals surface area contributed by atoms with Gasteiger partial charge in [0.25, 0.3) is 5.91 Å². The summed E-state index contributed by atoms with van der Waals surface area (Å²) >= 11 is 3.30. The van der Waals surface area contributed by atoms with Gasteiger partial charge in [-0.15, -0.1) is 0 Å². The number of nitrogens with one attached hydrogen (secondary N) is 1. The number of hydrogen-bond donors (Lipinski definition) is 2. The van der Waals surface area contributed by atoms with Crippen molar-refractivity contribution in [1.82, 2.24) is 5.16 Å². The predicted molar refractivity (Wildman–Crippen MR) is 92.9 cm³/mol. The number of rotatable bonds is 4. The molecule has 6 nitrogen and oxygen atoms in total. The SMILES string of the molecule is Nc1c(C(=O)Nc2ccccc2)noc1C(=O)c1ccc(Br)cc1. The van der Waals surface area contributed by atoms with Gasteiger partial charge in [-0.1, -0.05) is 39.3 Å². The van der Waals surface area contributed by atoms with Crippen LogP contribution in [0.15, 0.2) is 63.6 Å². The van der Waals surface area contributed by atoms with Crippen molar-refractivity contribution in [3.8, 4) is 0 Å². The van der Waals surface area contributed by atoms with Crippen molar-refractivity contribution in [2.24, 2.45) is 0 Å². The molecular weight excluding hydrogens is 374 g/mol. The van der Waals surface area contributed by atoms with Crippen molar-refractivity contribution >= 4 is 39.0 Å². The van der Waals surface area contributed by atoms with Crippen LogP contribution in [0, 0.1) is 0 Å². The van der Waals surface area contributed by atoms with Crippen molar-refractivity contribution in [3.63, 3.8) is 0 Å². The second-order valence-corrected chi connectivity index (χ2v) is 5.85. The highest BCUT2D eigenvalue weighted by Gasteiger charge is 2.25. The maximum atomic E-state index is 12.4. The first-order valence-corrected chi connectivity index (χ1v) is 7.77. The molecule has 2 aromatic carbocycles. The Bertz CT molecular complexity index is 889. The minimum absolute atomic E-state index is 0.0867. The van der Waals surface area contributed by atoms with E-state index in [1.54, 1.807) is 48.5 Å². The van der Waals surface area contributed by atoms with Crippen molar-refractivity contribution in [1.29, 1.82) is 0 Å². The number of nitrogens with two attached hydrogens (primary N) is 1. The molecule has 0 bridgehead atoms. The molecule has 1 aromatic heterocycles. The Morgan fingerprint density at radius 2 is 1.71 bits per heavy atom. The van der Waals surface area contributed by atoms with Crippen molar-refractivity contribution in [3.05, 3.63) is 76.1 Å². The van der Waals surface area contributed by atoms with E-state index < -0.39 is 11.7 Å². The van der Waals surface area contributed by atoms with Crippen LogP contribution in [0.3, 0.4) is 0 Å². The normalized spacial score (nSPS) is 10.4. The first kappa shape index (κ1) is 15.9. The zero-order chi connectivity index (χ0) is 17.1. The molecule has 3 rings (SSSR count). The number of carbonyl (C=O) groups is 2. The predicted octanol–water partition coefficient (Wildman–Crippen LogP) is 3.50. The molecule has 0 radical (unpaired) electrons. The van der Waals surface area contributed by atoms with Gasteiger partial charge in [-0.05, 0) is 36.4 Å².